The number of ether oxygens (including phenoxy) is 1. The SMILES string of the molecule is N#CCOc1cc(F)c(-c2ccc(Cl)c(=O)n2CC(F)F)c(F)c1. The van der Waals surface area contributed by atoms with Gasteiger partial charge in [0.25, 0.3) is 12.0 Å². The number of rotatable bonds is 5. The largest absolute Gasteiger partial charge is 0.479 e. The summed E-state index contributed by atoms with van der Waals surface area (Å²) in [5, 5.41) is 8.04. The van der Waals surface area contributed by atoms with Crippen LogP contribution in [0, 0.1) is 23.0 Å². The maximum Gasteiger partial charge on any atom is 0.269 e. The van der Waals surface area contributed by atoms with Gasteiger partial charge in [-0.25, -0.2) is 17.6 Å². The van der Waals surface area contributed by atoms with E-state index in [9.17, 15) is 22.4 Å². The summed E-state index contributed by atoms with van der Waals surface area (Å²) in [6, 6.07) is 5.36. The topological polar surface area (TPSA) is 55.0 Å². The van der Waals surface area contributed by atoms with E-state index in [1.807, 2.05) is 0 Å². The zero-order chi connectivity index (χ0) is 17.9. The highest BCUT2D eigenvalue weighted by Gasteiger charge is 2.20. The molecule has 0 aliphatic heterocycles. The van der Waals surface area contributed by atoms with Crippen LogP contribution >= 0.6 is 11.6 Å². The molecule has 0 aliphatic carbocycles. The van der Waals surface area contributed by atoms with Gasteiger partial charge in [-0.3, -0.25) is 4.79 Å². The van der Waals surface area contributed by atoms with Crippen molar-refractivity contribution in [2.75, 3.05) is 6.61 Å². The second kappa shape index (κ2) is 7.36. The van der Waals surface area contributed by atoms with Crippen LogP contribution in [0.2, 0.25) is 5.02 Å². The summed E-state index contributed by atoms with van der Waals surface area (Å²) in [6.07, 6.45) is -2.93. The van der Waals surface area contributed by atoms with Crippen molar-refractivity contribution in [1.82, 2.24) is 4.57 Å². The smallest absolute Gasteiger partial charge is 0.269 e. The third-order valence-electron chi connectivity index (χ3n) is 3.02. The quantitative estimate of drug-likeness (QED) is 0.765. The zero-order valence-electron chi connectivity index (χ0n) is 11.9. The molecule has 1 aromatic carbocycles. The first-order valence-corrected chi connectivity index (χ1v) is 6.89. The summed E-state index contributed by atoms with van der Waals surface area (Å²) in [4.78, 5) is 11.9. The Labute approximate surface area is 138 Å². The zero-order valence-corrected chi connectivity index (χ0v) is 12.7. The first-order chi connectivity index (χ1) is 11.3. The van der Waals surface area contributed by atoms with E-state index < -0.39 is 42.3 Å². The second-order valence-corrected chi connectivity index (χ2v) is 4.99. The van der Waals surface area contributed by atoms with E-state index in [4.69, 9.17) is 21.6 Å². The van der Waals surface area contributed by atoms with Crippen LogP contribution in [-0.4, -0.2) is 17.6 Å². The van der Waals surface area contributed by atoms with Gasteiger partial charge in [-0.05, 0) is 12.1 Å². The van der Waals surface area contributed by atoms with E-state index in [1.165, 1.54) is 0 Å². The lowest BCUT2D eigenvalue weighted by molar-refractivity contribution is 0.126. The number of benzene rings is 1. The third kappa shape index (κ3) is 3.68. The number of hydrogen-bond acceptors (Lipinski definition) is 3. The fraction of sp³-hybridized carbons (Fsp3) is 0.200. The highest BCUT2D eigenvalue weighted by Crippen LogP contribution is 2.30. The Balaban J connectivity index is 2.62. The van der Waals surface area contributed by atoms with Crippen LogP contribution in [0.25, 0.3) is 11.3 Å². The van der Waals surface area contributed by atoms with Crippen LogP contribution in [0.3, 0.4) is 0 Å². The molecule has 0 fully saturated rings. The van der Waals surface area contributed by atoms with E-state index in [0.29, 0.717) is 4.57 Å². The van der Waals surface area contributed by atoms with E-state index >= 15 is 0 Å². The number of aromatic nitrogens is 1. The Kier molecular flexibility index (Phi) is 5.46. The molecule has 0 spiro atoms. The summed E-state index contributed by atoms with van der Waals surface area (Å²) in [7, 11) is 0. The predicted molar refractivity (Wildman–Crippen MR) is 78.2 cm³/mol. The van der Waals surface area contributed by atoms with Crippen molar-refractivity contribution in [3.05, 3.63) is 51.3 Å². The molecule has 126 valence electrons. The highest BCUT2D eigenvalue weighted by atomic mass is 35.5. The first-order valence-electron chi connectivity index (χ1n) is 6.51. The molecular weight excluding hydrogens is 352 g/mol. The van der Waals surface area contributed by atoms with Crippen LogP contribution in [0.1, 0.15) is 0 Å². The molecule has 0 bridgehead atoms. The van der Waals surface area contributed by atoms with Gasteiger partial charge in [0.15, 0.2) is 6.61 Å². The minimum absolute atomic E-state index is 0.243. The second-order valence-electron chi connectivity index (χ2n) is 4.58. The van der Waals surface area contributed by atoms with Crippen LogP contribution in [-0.2, 0) is 6.54 Å². The van der Waals surface area contributed by atoms with Gasteiger partial charge in [-0.2, -0.15) is 5.26 Å². The summed E-state index contributed by atoms with van der Waals surface area (Å²) in [5.74, 6) is -2.51. The number of nitriles is 1. The molecule has 0 aliphatic rings. The molecule has 0 atom stereocenters. The summed E-state index contributed by atoms with van der Waals surface area (Å²) < 4.78 is 59.2. The van der Waals surface area contributed by atoms with Gasteiger partial charge in [0.05, 0.1) is 17.8 Å². The van der Waals surface area contributed by atoms with Gasteiger partial charge in [-0.15, -0.1) is 0 Å². The lowest BCUT2D eigenvalue weighted by Gasteiger charge is -2.15. The minimum atomic E-state index is -2.93. The van der Waals surface area contributed by atoms with Crippen molar-refractivity contribution in [3.8, 4) is 23.1 Å². The number of nitrogens with zero attached hydrogens (tertiary/aromatic N) is 2. The summed E-state index contributed by atoms with van der Waals surface area (Å²) >= 11 is 5.60. The molecule has 0 radical (unpaired) electrons. The molecular formula is C15H9ClF4N2O2. The number of alkyl halides is 2. The lowest BCUT2D eigenvalue weighted by Crippen LogP contribution is -2.25. The van der Waals surface area contributed by atoms with Crippen molar-refractivity contribution in [2.45, 2.75) is 13.0 Å². The van der Waals surface area contributed by atoms with Gasteiger partial charge in [0.1, 0.15) is 28.5 Å². The van der Waals surface area contributed by atoms with Crippen molar-refractivity contribution >= 4 is 11.6 Å². The van der Waals surface area contributed by atoms with E-state index in [1.54, 1.807) is 6.07 Å². The fourth-order valence-corrected chi connectivity index (χ4v) is 2.25. The maximum absolute atomic E-state index is 14.2. The van der Waals surface area contributed by atoms with Gasteiger partial charge >= 0.3 is 0 Å². The molecule has 1 aromatic heterocycles. The predicted octanol–water partition coefficient (Wildman–Crippen LogP) is 3.61. The third-order valence-corrected chi connectivity index (χ3v) is 3.31. The molecule has 1 heterocycles. The first kappa shape index (κ1) is 17.8. The molecule has 2 aromatic rings. The molecule has 9 heteroatoms. The fourth-order valence-electron chi connectivity index (χ4n) is 2.08. The van der Waals surface area contributed by atoms with Gasteiger partial charge < -0.3 is 9.30 Å². The van der Waals surface area contributed by atoms with Crippen molar-refractivity contribution in [2.24, 2.45) is 0 Å². The number of halogens is 5. The van der Waals surface area contributed by atoms with Crippen LogP contribution < -0.4 is 10.3 Å². The normalized spacial score (nSPS) is 10.7. The minimum Gasteiger partial charge on any atom is -0.479 e. The standard InChI is InChI=1S/C15H9ClF4N2O2/c16-9-1-2-12(22(15(9)23)7-13(19)20)14-10(17)5-8(6-11(14)18)24-4-3-21/h1-2,5-6,13H,4,7H2. The number of pyridine rings is 1. The Bertz CT molecular complexity index is 839. The van der Waals surface area contributed by atoms with Gasteiger partial charge in [0, 0.05) is 12.1 Å². The monoisotopic (exact) mass is 360 g/mol. The van der Waals surface area contributed by atoms with Crippen LogP contribution in [0.15, 0.2) is 29.1 Å². The highest BCUT2D eigenvalue weighted by molar-refractivity contribution is 6.30. The van der Waals surface area contributed by atoms with Gasteiger partial charge in [-0.1, -0.05) is 11.6 Å². The lowest BCUT2D eigenvalue weighted by atomic mass is 10.1. The van der Waals surface area contributed by atoms with E-state index in [-0.39, 0.29) is 16.5 Å². The Morgan fingerprint density at radius 3 is 2.42 bits per heavy atom. The molecule has 0 saturated heterocycles. The van der Waals surface area contributed by atoms with Crippen molar-refractivity contribution in [1.29, 1.82) is 5.26 Å². The summed E-state index contributed by atoms with van der Waals surface area (Å²) in [6.45, 7) is -1.49. The molecule has 0 amide bonds. The van der Waals surface area contributed by atoms with Crippen LogP contribution in [0.4, 0.5) is 17.6 Å². The Morgan fingerprint density at radius 2 is 1.88 bits per heavy atom. The van der Waals surface area contributed by atoms with Crippen molar-refractivity contribution < 1.29 is 22.3 Å². The molecule has 0 saturated carbocycles. The van der Waals surface area contributed by atoms with Crippen LogP contribution in [0.5, 0.6) is 5.75 Å². The van der Waals surface area contributed by atoms with E-state index in [0.717, 1.165) is 24.3 Å². The average molecular weight is 361 g/mol. The van der Waals surface area contributed by atoms with E-state index in [2.05, 4.69) is 0 Å². The van der Waals surface area contributed by atoms with Gasteiger partial charge in [0.2, 0.25) is 0 Å². The number of hydrogen-bond donors (Lipinski definition) is 0. The molecule has 0 unspecified atom stereocenters. The Morgan fingerprint density at radius 1 is 1.25 bits per heavy atom. The summed E-state index contributed by atoms with van der Waals surface area (Å²) in [5.41, 5.74) is -2.04. The molecule has 4 nitrogen and oxygen atoms in total. The van der Waals surface area contributed by atoms with Crippen molar-refractivity contribution in [3.63, 3.8) is 0 Å². The maximum atomic E-state index is 14.2. The molecule has 24 heavy (non-hydrogen) atoms. The Hall–Kier alpha value is -2.53. The molecule has 0 N–H and O–H groups in total. The molecule has 2 rings (SSSR count). The average Bonchev–Trinajstić information content (AvgIpc) is 2.51.